The molecule has 0 amide bonds. The minimum atomic E-state index is -3.15. The molecule has 122 valence electrons. The normalized spacial score (nSPS) is 11.6. The summed E-state index contributed by atoms with van der Waals surface area (Å²) in [4.78, 5) is 27.2. The largest absolute Gasteiger partial charge is 0.481 e. The van der Waals surface area contributed by atoms with Crippen molar-refractivity contribution in [1.82, 2.24) is 9.97 Å². The summed E-state index contributed by atoms with van der Waals surface area (Å²) >= 11 is 0. The van der Waals surface area contributed by atoms with Crippen LogP contribution in [0.4, 0.5) is 0 Å². The number of rotatable bonds is 6. The van der Waals surface area contributed by atoms with E-state index in [1.54, 1.807) is 19.1 Å². The van der Waals surface area contributed by atoms with Crippen LogP contribution in [0.5, 0.6) is 23.3 Å². The zero-order valence-corrected chi connectivity index (χ0v) is 13.1. The van der Waals surface area contributed by atoms with Gasteiger partial charge in [0.2, 0.25) is 17.6 Å². The smallest absolute Gasteiger partial charge is 0.374 e. The van der Waals surface area contributed by atoms with Gasteiger partial charge in [0.25, 0.3) is 0 Å². The van der Waals surface area contributed by atoms with E-state index in [9.17, 15) is 9.36 Å². The average molecular weight is 340 g/mol. The molecule has 0 aliphatic rings. The van der Waals surface area contributed by atoms with Crippen LogP contribution in [0.3, 0.4) is 0 Å². The van der Waals surface area contributed by atoms with Gasteiger partial charge in [-0.25, -0.2) is 9.36 Å². The maximum absolute atomic E-state index is 11.0. The van der Waals surface area contributed by atoms with Gasteiger partial charge >= 0.3 is 14.2 Å². The van der Waals surface area contributed by atoms with Crippen molar-refractivity contribution in [3.05, 3.63) is 35.7 Å². The molecular weight excluding hydrogens is 327 g/mol. The number of benzene rings is 1. The van der Waals surface area contributed by atoms with Gasteiger partial charge in [-0.15, -0.1) is 0 Å². The van der Waals surface area contributed by atoms with Gasteiger partial charge in [0.1, 0.15) is 11.5 Å². The van der Waals surface area contributed by atoms with Crippen molar-refractivity contribution in [2.24, 2.45) is 0 Å². The molecule has 0 aliphatic heterocycles. The lowest BCUT2D eigenvalue weighted by Crippen LogP contribution is -2.06. The van der Waals surface area contributed by atoms with Crippen LogP contribution in [0.2, 0.25) is 0 Å². The molecule has 0 bridgehead atoms. The van der Waals surface area contributed by atoms with E-state index in [1.165, 1.54) is 19.2 Å². The Balaban J connectivity index is 2.34. The highest BCUT2D eigenvalue weighted by Crippen LogP contribution is 2.31. The van der Waals surface area contributed by atoms with Crippen LogP contribution in [-0.4, -0.2) is 33.0 Å². The predicted octanol–water partition coefficient (Wildman–Crippen LogP) is 2.04. The third kappa shape index (κ3) is 4.67. The van der Waals surface area contributed by atoms with Crippen LogP contribution in [0.25, 0.3) is 0 Å². The lowest BCUT2D eigenvalue weighted by molar-refractivity contribution is 0.0681. The topological polar surface area (TPSA) is 128 Å². The van der Waals surface area contributed by atoms with Crippen LogP contribution in [0, 0.1) is 6.92 Å². The molecule has 2 N–H and O–H groups in total. The average Bonchev–Trinajstić information content (AvgIpc) is 2.45. The zero-order chi connectivity index (χ0) is 17.0. The second-order valence-corrected chi connectivity index (χ2v) is 5.07. The SMILES string of the molecule is COc1cc(Oc2cc(C)cc(O[PH](=O)O)c2)nc(C(=O)O)n1. The standard InChI is InChI=1S/C13H13N2O7P/c1-7-3-8(5-9(4-7)22-23(18)19)21-11-6-10(20-2)14-12(15-11)13(16)17/h3-6,23H,1-2H3,(H,16,17)(H,18,19). The van der Waals surface area contributed by atoms with Gasteiger partial charge in [-0.05, 0) is 24.6 Å². The lowest BCUT2D eigenvalue weighted by atomic mass is 10.2. The van der Waals surface area contributed by atoms with Gasteiger partial charge in [-0.2, -0.15) is 9.97 Å². The maximum Gasteiger partial charge on any atom is 0.374 e. The number of nitrogens with zero attached hydrogens (tertiary/aromatic N) is 2. The highest BCUT2D eigenvalue weighted by Gasteiger charge is 2.13. The summed E-state index contributed by atoms with van der Waals surface area (Å²) in [6.07, 6.45) is 0. The predicted molar refractivity (Wildman–Crippen MR) is 78.6 cm³/mol. The Kier molecular flexibility index (Phi) is 5.15. The van der Waals surface area contributed by atoms with E-state index in [0.717, 1.165) is 0 Å². The Morgan fingerprint density at radius 1 is 1.13 bits per heavy atom. The van der Waals surface area contributed by atoms with E-state index in [4.69, 9.17) is 24.0 Å². The van der Waals surface area contributed by atoms with Gasteiger partial charge < -0.3 is 24.0 Å². The van der Waals surface area contributed by atoms with Crippen molar-refractivity contribution in [2.45, 2.75) is 6.92 Å². The number of aryl methyl sites for hydroxylation is 1. The van der Waals surface area contributed by atoms with E-state index < -0.39 is 20.0 Å². The van der Waals surface area contributed by atoms with E-state index in [1.807, 2.05) is 0 Å². The molecule has 10 heteroatoms. The number of aromatic carboxylic acids is 1. The highest BCUT2D eigenvalue weighted by molar-refractivity contribution is 7.32. The van der Waals surface area contributed by atoms with Crippen molar-refractivity contribution in [1.29, 1.82) is 0 Å². The first-order valence-corrected chi connectivity index (χ1v) is 7.50. The first-order valence-electron chi connectivity index (χ1n) is 6.24. The molecule has 0 aliphatic carbocycles. The number of carboxylic acids is 1. The Labute approximate surface area is 131 Å². The summed E-state index contributed by atoms with van der Waals surface area (Å²) in [6, 6.07) is 5.86. The second kappa shape index (κ2) is 7.08. The van der Waals surface area contributed by atoms with Crippen LogP contribution < -0.4 is 14.0 Å². The molecule has 0 saturated carbocycles. The summed E-state index contributed by atoms with van der Waals surface area (Å²) in [5.74, 6) is -1.45. The number of hydrogen-bond donors (Lipinski definition) is 2. The highest BCUT2D eigenvalue weighted by atomic mass is 31.1. The molecule has 0 fully saturated rings. The molecule has 1 aromatic heterocycles. The molecular formula is C13H13N2O7P. The summed E-state index contributed by atoms with van der Waals surface area (Å²) in [7, 11) is -1.82. The second-order valence-electron chi connectivity index (χ2n) is 4.33. The summed E-state index contributed by atoms with van der Waals surface area (Å²) < 4.78 is 25.9. The Morgan fingerprint density at radius 3 is 2.39 bits per heavy atom. The van der Waals surface area contributed by atoms with Gasteiger partial charge in [0.15, 0.2) is 0 Å². The summed E-state index contributed by atoms with van der Waals surface area (Å²) in [5, 5.41) is 8.97. The van der Waals surface area contributed by atoms with Crippen LogP contribution in [-0.2, 0) is 4.57 Å². The third-order valence-corrected chi connectivity index (χ3v) is 2.94. The zero-order valence-electron chi connectivity index (χ0n) is 12.1. The number of methoxy groups -OCH3 is 1. The molecule has 9 nitrogen and oxygen atoms in total. The van der Waals surface area contributed by atoms with Crippen LogP contribution >= 0.6 is 8.25 Å². The number of aromatic nitrogens is 2. The molecule has 0 spiro atoms. The summed E-state index contributed by atoms with van der Waals surface area (Å²) in [6.45, 7) is 1.73. The molecule has 23 heavy (non-hydrogen) atoms. The maximum atomic E-state index is 11.0. The Bertz CT molecular complexity index is 766. The molecule has 1 aromatic carbocycles. The van der Waals surface area contributed by atoms with Gasteiger partial charge in [-0.1, -0.05) is 0 Å². The number of ether oxygens (including phenoxy) is 2. The molecule has 2 rings (SSSR count). The fourth-order valence-corrected chi connectivity index (χ4v) is 2.03. The summed E-state index contributed by atoms with van der Waals surface area (Å²) in [5.41, 5.74) is 0.709. The Hall–Kier alpha value is -2.64. The fourth-order valence-electron chi connectivity index (χ4n) is 1.71. The monoisotopic (exact) mass is 340 g/mol. The molecule has 1 unspecified atom stereocenters. The number of carbonyl (C=O) groups is 1. The fraction of sp³-hybridized carbons (Fsp3) is 0.154. The van der Waals surface area contributed by atoms with Crippen molar-refractivity contribution in [3.8, 4) is 23.3 Å². The van der Waals surface area contributed by atoms with Crippen molar-refractivity contribution >= 4 is 14.2 Å². The first-order chi connectivity index (χ1) is 10.9. The van der Waals surface area contributed by atoms with Crippen molar-refractivity contribution < 1.29 is 33.4 Å². The third-order valence-electron chi connectivity index (χ3n) is 2.53. The first kappa shape index (κ1) is 16.7. The van der Waals surface area contributed by atoms with E-state index in [-0.39, 0.29) is 23.3 Å². The van der Waals surface area contributed by atoms with Crippen molar-refractivity contribution in [3.63, 3.8) is 0 Å². The molecule has 0 saturated heterocycles. The molecule has 2 aromatic rings. The van der Waals surface area contributed by atoms with Crippen LogP contribution in [0.15, 0.2) is 24.3 Å². The molecule has 1 atom stereocenters. The van der Waals surface area contributed by atoms with E-state index in [2.05, 4.69) is 9.97 Å². The Morgan fingerprint density at radius 2 is 1.78 bits per heavy atom. The van der Waals surface area contributed by atoms with Crippen molar-refractivity contribution in [2.75, 3.05) is 7.11 Å². The molecule has 0 radical (unpaired) electrons. The quantitative estimate of drug-likeness (QED) is 0.759. The number of hydrogen-bond acceptors (Lipinski definition) is 7. The number of carboxylic acid groups (broad SMARTS) is 1. The van der Waals surface area contributed by atoms with E-state index in [0.29, 0.717) is 5.56 Å². The molecule has 1 heterocycles. The minimum absolute atomic E-state index is 0.0249. The van der Waals surface area contributed by atoms with E-state index >= 15 is 0 Å². The van der Waals surface area contributed by atoms with Gasteiger partial charge in [-0.3, -0.25) is 0 Å². The van der Waals surface area contributed by atoms with Gasteiger partial charge in [0, 0.05) is 6.07 Å². The van der Waals surface area contributed by atoms with Gasteiger partial charge in [0.05, 0.1) is 13.2 Å². The van der Waals surface area contributed by atoms with Crippen LogP contribution in [0.1, 0.15) is 16.2 Å². The lowest BCUT2D eigenvalue weighted by Gasteiger charge is -2.10. The minimum Gasteiger partial charge on any atom is -0.481 e.